The van der Waals surface area contributed by atoms with Gasteiger partial charge in [-0.3, -0.25) is 0 Å². The summed E-state index contributed by atoms with van der Waals surface area (Å²) in [6.45, 7) is 11.2. The van der Waals surface area contributed by atoms with Gasteiger partial charge in [0.05, 0.1) is 17.5 Å². The van der Waals surface area contributed by atoms with E-state index in [2.05, 4.69) is 5.32 Å². The third-order valence-corrected chi connectivity index (χ3v) is 4.48. The Morgan fingerprint density at radius 3 is 2.57 bits per heavy atom. The SMILES string of the molecule is C[C@H]1OC(C)(C)O[C@@H](c2scc[n+]2C)[C@@H]1NC(=O)OC(C)(C)C. The molecule has 23 heavy (non-hydrogen) atoms. The first kappa shape index (κ1) is 18.2. The molecule has 7 heteroatoms. The second-order valence-corrected chi connectivity index (χ2v) is 8.21. The Morgan fingerprint density at radius 1 is 1.39 bits per heavy atom. The van der Waals surface area contributed by atoms with E-state index < -0.39 is 17.5 Å². The average Bonchev–Trinajstić information content (AvgIpc) is 2.75. The van der Waals surface area contributed by atoms with Gasteiger partial charge >= 0.3 is 6.09 Å². The lowest BCUT2D eigenvalue weighted by Gasteiger charge is -2.43. The quantitative estimate of drug-likeness (QED) is 0.839. The summed E-state index contributed by atoms with van der Waals surface area (Å²) in [6.07, 6.45) is 0.996. The van der Waals surface area contributed by atoms with Crippen molar-refractivity contribution < 1.29 is 23.6 Å². The number of nitrogens with one attached hydrogen (secondary N) is 1. The van der Waals surface area contributed by atoms with Gasteiger partial charge in [-0.15, -0.1) is 0 Å². The number of ether oxygens (including phenoxy) is 3. The Kier molecular flexibility index (Phi) is 5.03. The molecule has 0 aromatic carbocycles. The Labute approximate surface area is 141 Å². The summed E-state index contributed by atoms with van der Waals surface area (Å²) in [5.41, 5.74) is -0.550. The topological polar surface area (TPSA) is 60.7 Å². The molecule has 0 saturated carbocycles. The van der Waals surface area contributed by atoms with E-state index in [4.69, 9.17) is 14.2 Å². The lowest BCUT2D eigenvalue weighted by atomic mass is 10.0. The third-order valence-electron chi connectivity index (χ3n) is 3.46. The highest BCUT2D eigenvalue weighted by molar-refractivity contribution is 7.09. The van der Waals surface area contributed by atoms with E-state index >= 15 is 0 Å². The van der Waals surface area contributed by atoms with Crippen LogP contribution in [0.25, 0.3) is 0 Å². The molecule has 1 N–H and O–H groups in total. The molecule has 1 aliphatic heterocycles. The summed E-state index contributed by atoms with van der Waals surface area (Å²) < 4.78 is 19.4. The number of carbonyl (C=O) groups excluding carboxylic acids is 1. The normalized spacial score (nSPS) is 27.5. The van der Waals surface area contributed by atoms with Gasteiger partial charge in [-0.25, -0.2) is 4.79 Å². The summed E-state index contributed by atoms with van der Waals surface area (Å²) in [5.74, 6) is -0.715. The Morgan fingerprint density at radius 2 is 2.04 bits per heavy atom. The number of thiazole rings is 1. The molecule has 1 aromatic rings. The molecule has 0 bridgehead atoms. The van der Waals surface area contributed by atoms with Crippen molar-refractivity contribution in [1.29, 1.82) is 0 Å². The Hall–Kier alpha value is -1.18. The van der Waals surface area contributed by atoms with E-state index in [1.807, 2.05) is 64.7 Å². The van der Waals surface area contributed by atoms with Crippen molar-refractivity contribution in [2.75, 3.05) is 0 Å². The van der Waals surface area contributed by atoms with Gasteiger partial charge < -0.3 is 19.5 Å². The molecule has 2 heterocycles. The molecule has 0 spiro atoms. The van der Waals surface area contributed by atoms with Gasteiger partial charge in [0.25, 0.3) is 5.01 Å². The van der Waals surface area contributed by atoms with Crippen LogP contribution >= 0.6 is 11.3 Å². The van der Waals surface area contributed by atoms with Crippen LogP contribution in [0.1, 0.15) is 52.7 Å². The molecule has 1 saturated heterocycles. The zero-order valence-corrected chi connectivity index (χ0v) is 15.7. The highest BCUT2D eigenvalue weighted by Crippen LogP contribution is 2.36. The first-order valence-electron chi connectivity index (χ1n) is 7.77. The fourth-order valence-corrected chi connectivity index (χ4v) is 3.57. The predicted molar refractivity (Wildman–Crippen MR) is 87.1 cm³/mol. The molecular formula is C16H27N2O4S+. The maximum atomic E-state index is 12.2. The van der Waals surface area contributed by atoms with Crippen molar-refractivity contribution >= 4 is 17.4 Å². The fraction of sp³-hybridized carbons (Fsp3) is 0.750. The molecule has 130 valence electrons. The standard InChI is InChI=1S/C16H26N2O4S/c1-10-11(17-14(19)22-15(2,3)4)12(21-16(5,6)20-10)13-18(7)8-9-23-13/h8-12H,1-7H3/p+1/t10-,11-,12-/m1/s1. The van der Waals surface area contributed by atoms with Gasteiger partial charge in [-0.05, 0) is 41.5 Å². The van der Waals surface area contributed by atoms with Crippen molar-refractivity contribution in [3.63, 3.8) is 0 Å². The summed E-state index contributed by atoms with van der Waals surface area (Å²) in [7, 11) is 1.97. The van der Waals surface area contributed by atoms with E-state index in [1.54, 1.807) is 11.3 Å². The number of hydrogen-bond donors (Lipinski definition) is 1. The molecule has 1 aromatic heterocycles. The number of carbonyl (C=O) groups is 1. The van der Waals surface area contributed by atoms with Gasteiger partial charge in [-0.2, -0.15) is 4.57 Å². The highest BCUT2D eigenvalue weighted by atomic mass is 32.1. The van der Waals surface area contributed by atoms with E-state index in [-0.39, 0.29) is 18.2 Å². The number of alkyl carbamates (subject to hydrolysis) is 1. The van der Waals surface area contributed by atoms with Crippen LogP contribution in [0.15, 0.2) is 11.6 Å². The van der Waals surface area contributed by atoms with Crippen molar-refractivity contribution in [2.45, 2.75) is 71.2 Å². The number of hydrogen-bond acceptors (Lipinski definition) is 5. The van der Waals surface area contributed by atoms with Crippen molar-refractivity contribution in [3.8, 4) is 0 Å². The van der Waals surface area contributed by atoms with E-state index in [0.29, 0.717) is 0 Å². The zero-order valence-electron chi connectivity index (χ0n) is 14.9. The maximum Gasteiger partial charge on any atom is 0.408 e. The molecular weight excluding hydrogens is 316 g/mol. The summed E-state index contributed by atoms with van der Waals surface area (Å²) in [4.78, 5) is 12.2. The molecule has 1 aliphatic rings. The van der Waals surface area contributed by atoms with Crippen LogP contribution in [-0.2, 0) is 21.3 Å². The number of aryl methyl sites for hydroxylation is 1. The molecule has 1 amide bonds. The van der Waals surface area contributed by atoms with Crippen LogP contribution in [-0.4, -0.2) is 29.6 Å². The van der Waals surface area contributed by atoms with Gasteiger partial charge in [0.2, 0.25) is 0 Å². The second kappa shape index (κ2) is 6.37. The average molecular weight is 343 g/mol. The molecule has 3 atom stereocenters. The minimum Gasteiger partial charge on any atom is -0.444 e. The minimum absolute atomic E-state index is 0.210. The smallest absolute Gasteiger partial charge is 0.408 e. The van der Waals surface area contributed by atoms with Gasteiger partial charge in [0.15, 0.2) is 18.1 Å². The van der Waals surface area contributed by atoms with E-state index in [1.165, 1.54) is 0 Å². The monoisotopic (exact) mass is 343 g/mol. The second-order valence-electron chi connectivity index (χ2n) is 7.29. The number of aromatic nitrogens is 1. The molecule has 0 radical (unpaired) electrons. The third kappa shape index (κ3) is 4.65. The summed E-state index contributed by atoms with van der Waals surface area (Å²) in [6, 6.07) is -0.331. The van der Waals surface area contributed by atoms with Crippen LogP contribution in [0.2, 0.25) is 0 Å². The first-order valence-corrected chi connectivity index (χ1v) is 8.65. The summed E-state index contributed by atoms with van der Waals surface area (Å²) >= 11 is 1.59. The lowest BCUT2D eigenvalue weighted by Crippen LogP contribution is -2.58. The number of amides is 1. The van der Waals surface area contributed by atoms with Crippen LogP contribution in [0.4, 0.5) is 4.79 Å². The van der Waals surface area contributed by atoms with Gasteiger partial charge in [0, 0.05) is 0 Å². The largest absolute Gasteiger partial charge is 0.444 e. The fourth-order valence-electron chi connectivity index (χ4n) is 2.63. The molecule has 0 aliphatic carbocycles. The number of nitrogens with zero attached hydrogens (tertiary/aromatic N) is 1. The minimum atomic E-state index is -0.715. The van der Waals surface area contributed by atoms with Crippen LogP contribution < -0.4 is 9.88 Å². The van der Waals surface area contributed by atoms with Crippen LogP contribution in [0.5, 0.6) is 0 Å². The first-order chi connectivity index (χ1) is 10.5. The van der Waals surface area contributed by atoms with Crippen LogP contribution in [0, 0.1) is 0 Å². The van der Waals surface area contributed by atoms with Crippen LogP contribution in [0.3, 0.4) is 0 Å². The lowest BCUT2D eigenvalue weighted by molar-refractivity contribution is -0.679. The molecule has 6 nitrogen and oxygen atoms in total. The van der Waals surface area contributed by atoms with Crippen molar-refractivity contribution in [2.24, 2.45) is 7.05 Å². The van der Waals surface area contributed by atoms with Gasteiger partial charge in [-0.1, -0.05) is 11.3 Å². The Balaban J connectivity index is 2.23. The maximum absolute atomic E-state index is 12.2. The van der Waals surface area contributed by atoms with Crippen molar-refractivity contribution in [1.82, 2.24) is 5.32 Å². The Bertz CT molecular complexity index is 565. The van der Waals surface area contributed by atoms with Gasteiger partial charge in [0.1, 0.15) is 12.6 Å². The van der Waals surface area contributed by atoms with Crippen molar-refractivity contribution in [3.05, 3.63) is 16.6 Å². The molecule has 0 unspecified atom stereocenters. The highest BCUT2D eigenvalue weighted by Gasteiger charge is 2.47. The predicted octanol–water partition coefficient (Wildman–Crippen LogP) is 2.68. The van der Waals surface area contributed by atoms with E-state index in [9.17, 15) is 4.79 Å². The summed E-state index contributed by atoms with van der Waals surface area (Å²) in [5, 5.41) is 5.93. The zero-order chi connectivity index (χ0) is 17.4. The van der Waals surface area contributed by atoms with E-state index in [0.717, 1.165) is 5.01 Å². The number of rotatable bonds is 2. The molecule has 1 fully saturated rings. The molecule has 2 rings (SSSR count).